The number of hydrogen-bond acceptors (Lipinski definition) is 2. The molecule has 1 fully saturated rings. The number of rotatable bonds is 3. The Hall–Kier alpha value is -0.340. The van der Waals surface area contributed by atoms with E-state index in [1.54, 1.807) is 0 Å². The number of hydrogen-bond donors (Lipinski definition) is 1. The summed E-state index contributed by atoms with van der Waals surface area (Å²) in [6.07, 6.45) is 8.50. The molecule has 13 heavy (non-hydrogen) atoms. The second kappa shape index (κ2) is 4.25. The van der Waals surface area contributed by atoms with E-state index in [9.17, 15) is 0 Å². The molecule has 0 radical (unpaired) electrons. The zero-order valence-electron chi connectivity index (χ0n) is 8.15. The van der Waals surface area contributed by atoms with Crippen molar-refractivity contribution in [2.75, 3.05) is 26.2 Å². The predicted molar refractivity (Wildman–Crippen MR) is 53.5 cm³/mol. The van der Waals surface area contributed by atoms with E-state index in [2.05, 4.69) is 17.1 Å². The van der Waals surface area contributed by atoms with Gasteiger partial charge in [0.05, 0.1) is 0 Å². The lowest BCUT2D eigenvalue weighted by Gasteiger charge is -2.40. The quantitative estimate of drug-likeness (QED) is 0.663. The molecule has 1 atom stereocenters. The van der Waals surface area contributed by atoms with Crippen LogP contribution in [-0.2, 0) is 0 Å². The second-order valence-corrected chi connectivity index (χ2v) is 4.42. The van der Waals surface area contributed by atoms with Crippen molar-refractivity contribution in [3.8, 4) is 0 Å². The topological polar surface area (TPSA) is 23.5 Å². The first-order valence-electron chi connectivity index (χ1n) is 5.36. The largest absolute Gasteiger partial charge is 0.396 e. The minimum Gasteiger partial charge on any atom is -0.396 e. The lowest BCUT2D eigenvalue weighted by atomic mass is 9.91. The van der Waals surface area contributed by atoms with E-state index in [4.69, 9.17) is 5.11 Å². The van der Waals surface area contributed by atoms with Crippen molar-refractivity contribution in [1.29, 1.82) is 0 Å². The summed E-state index contributed by atoms with van der Waals surface area (Å²) >= 11 is 0. The first-order valence-corrected chi connectivity index (χ1v) is 5.36. The van der Waals surface area contributed by atoms with Crippen LogP contribution in [-0.4, -0.2) is 36.2 Å². The Kier molecular flexibility index (Phi) is 3.01. The molecule has 2 nitrogen and oxygen atoms in total. The molecular formula is C11H19NO. The van der Waals surface area contributed by atoms with Gasteiger partial charge in [-0.25, -0.2) is 0 Å². The Morgan fingerprint density at radius 1 is 1.23 bits per heavy atom. The maximum absolute atomic E-state index is 8.87. The number of likely N-dealkylation sites (tertiary alicyclic amines) is 1. The fourth-order valence-electron chi connectivity index (χ4n) is 2.33. The van der Waals surface area contributed by atoms with Crippen LogP contribution in [0.5, 0.6) is 0 Å². The molecule has 1 saturated heterocycles. The summed E-state index contributed by atoms with van der Waals surface area (Å²) in [6.45, 7) is 3.87. The summed E-state index contributed by atoms with van der Waals surface area (Å²) in [5.41, 5.74) is 0. The van der Waals surface area contributed by atoms with Crippen LogP contribution < -0.4 is 0 Å². The summed E-state index contributed by atoms with van der Waals surface area (Å²) in [7, 11) is 0. The molecule has 0 aromatic heterocycles. The molecule has 1 aliphatic heterocycles. The van der Waals surface area contributed by atoms with Gasteiger partial charge < -0.3 is 10.0 Å². The van der Waals surface area contributed by atoms with Crippen LogP contribution in [0.3, 0.4) is 0 Å². The van der Waals surface area contributed by atoms with Crippen LogP contribution in [0, 0.1) is 11.8 Å². The summed E-state index contributed by atoms with van der Waals surface area (Å²) in [6, 6.07) is 0. The average molecular weight is 181 g/mol. The third-order valence-corrected chi connectivity index (χ3v) is 3.19. The van der Waals surface area contributed by atoms with E-state index < -0.39 is 0 Å². The van der Waals surface area contributed by atoms with Gasteiger partial charge in [0.2, 0.25) is 0 Å². The van der Waals surface area contributed by atoms with Crippen LogP contribution in [0.15, 0.2) is 12.2 Å². The predicted octanol–water partition coefficient (Wildman–Crippen LogP) is 1.27. The van der Waals surface area contributed by atoms with Crippen LogP contribution in [0.1, 0.15) is 19.3 Å². The second-order valence-electron chi connectivity index (χ2n) is 4.42. The number of allylic oxidation sites excluding steroid dienone is 2. The lowest BCUT2D eigenvalue weighted by molar-refractivity contribution is 0.0405. The van der Waals surface area contributed by atoms with Crippen molar-refractivity contribution >= 4 is 0 Å². The standard InChI is InChI=1S/C11H19NO/c13-9-11-7-12(8-11)6-10-4-2-1-3-5-10/h1-2,10-11,13H,3-9H2. The highest BCUT2D eigenvalue weighted by Crippen LogP contribution is 2.23. The molecule has 0 aromatic rings. The van der Waals surface area contributed by atoms with Crippen molar-refractivity contribution in [3.05, 3.63) is 12.2 Å². The van der Waals surface area contributed by atoms with Crippen LogP contribution >= 0.6 is 0 Å². The highest BCUT2D eigenvalue weighted by atomic mass is 16.3. The van der Waals surface area contributed by atoms with E-state index in [-0.39, 0.29) is 0 Å². The maximum Gasteiger partial charge on any atom is 0.0483 e. The van der Waals surface area contributed by atoms with Crippen LogP contribution in [0.25, 0.3) is 0 Å². The molecule has 0 amide bonds. The Morgan fingerprint density at radius 3 is 2.69 bits per heavy atom. The smallest absolute Gasteiger partial charge is 0.0483 e. The molecule has 74 valence electrons. The van der Waals surface area contributed by atoms with Crippen molar-refractivity contribution in [1.82, 2.24) is 4.90 Å². The molecule has 2 rings (SSSR count). The number of aliphatic hydroxyl groups is 1. The Labute approximate surface area is 80.2 Å². The van der Waals surface area contributed by atoms with Gasteiger partial charge in [-0.15, -0.1) is 0 Å². The van der Waals surface area contributed by atoms with E-state index in [1.165, 1.54) is 25.8 Å². The van der Waals surface area contributed by atoms with Gasteiger partial charge >= 0.3 is 0 Å². The molecule has 0 saturated carbocycles. The molecule has 1 aliphatic carbocycles. The molecule has 0 aromatic carbocycles. The molecule has 1 N–H and O–H groups in total. The van der Waals surface area contributed by atoms with Crippen molar-refractivity contribution < 1.29 is 5.11 Å². The zero-order chi connectivity index (χ0) is 9.10. The van der Waals surface area contributed by atoms with Gasteiger partial charge in [-0.3, -0.25) is 0 Å². The Bertz CT molecular complexity index is 185. The lowest BCUT2D eigenvalue weighted by Crippen LogP contribution is -2.50. The average Bonchev–Trinajstić information content (AvgIpc) is 2.12. The fourth-order valence-corrected chi connectivity index (χ4v) is 2.33. The van der Waals surface area contributed by atoms with Crippen LogP contribution in [0.2, 0.25) is 0 Å². The summed E-state index contributed by atoms with van der Waals surface area (Å²) in [5, 5.41) is 8.87. The fraction of sp³-hybridized carbons (Fsp3) is 0.818. The van der Waals surface area contributed by atoms with E-state index in [0.717, 1.165) is 19.0 Å². The Morgan fingerprint density at radius 2 is 2.08 bits per heavy atom. The van der Waals surface area contributed by atoms with Gasteiger partial charge in [0.25, 0.3) is 0 Å². The van der Waals surface area contributed by atoms with Crippen molar-refractivity contribution in [2.45, 2.75) is 19.3 Å². The molecule has 2 heteroatoms. The summed E-state index contributed by atoms with van der Waals surface area (Å²) in [4.78, 5) is 2.48. The van der Waals surface area contributed by atoms with Gasteiger partial charge in [0.1, 0.15) is 0 Å². The van der Waals surface area contributed by atoms with E-state index in [1.807, 2.05) is 0 Å². The first-order chi connectivity index (χ1) is 6.38. The molecule has 2 aliphatic rings. The first kappa shape index (κ1) is 9.22. The molecular weight excluding hydrogens is 162 g/mol. The van der Waals surface area contributed by atoms with Gasteiger partial charge in [0, 0.05) is 32.2 Å². The summed E-state index contributed by atoms with van der Waals surface area (Å²) < 4.78 is 0. The number of nitrogens with zero attached hydrogens (tertiary/aromatic N) is 1. The van der Waals surface area contributed by atoms with Crippen molar-refractivity contribution in [3.63, 3.8) is 0 Å². The minimum atomic E-state index is 0.376. The third-order valence-electron chi connectivity index (χ3n) is 3.19. The summed E-state index contributed by atoms with van der Waals surface area (Å²) in [5.74, 6) is 1.45. The van der Waals surface area contributed by atoms with E-state index >= 15 is 0 Å². The van der Waals surface area contributed by atoms with Gasteiger partial charge in [0.15, 0.2) is 0 Å². The van der Waals surface area contributed by atoms with E-state index in [0.29, 0.717) is 12.5 Å². The minimum absolute atomic E-state index is 0.376. The highest BCUT2D eigenvalue weighted by Gasteiger charge is 2.27. The molecule has 0 bridgehead atoms. The molecule has 1 unspecified atom stereocenters. The monoisotopic (exact) mass is 181 g/mol. The van der Waals surface area contributed by atoms with Gasteiger partial charge in [-0.05, 0) is 25.2 Å². The molecule has 0 spiro atoms. The molecule has 1 heterocycles. The zero-order valence-corrected chi connectivity index (χ0v) is 8.15. The van der Waals surface area contributed by atoms with Crippen LogP contribution in [0.4, 0.5) is 0 Å². The van der Waals surface area contributed by atoms with Crippen molar-refractivity contribution in [2.24, 2.45) is 11.8 Å². The maximum atomic E-state index is 8.87. The normalized spacial score (nSPS) is 30.4. The SMILES string of the molecule is OCC1CN(CC2CC=CCC2)C1. The number of aliphatic hydroxyl groups excluding tert-OH is 1. The van der Waals surface area contributed by atoms with Gasteiger partial charge in [-0.1, -0.05) is 12.2 Å². The highest BCUT2D eigenvalue weighted by molar-refractivity contribution is 4.92. The van der Waals surface area contributed by atoms with Gasteiger partial charge in [-0.2, -0.15) is 0 Å². The Balaban J connectivity index is 1.65. The third kappa shape index (κ3) is 2.32.